The number of carbonyl (C=O) groups is 3. The van der Waals surface area contributed by atoms with Crippen molar-refractivity contribution in [3.63, 3.8) is 0 Å². The van der Waals surface area contributed by atoms with Crippen LogP contribution in [0, 0.1) is 0 Å². The summed E-state index contributed by atoms with van der Waals surface area (Å²) in [6.07, 6.45) is 14.1. The van der Waals surface area contributed by atoms with E-state index in [1.54, 1.807) is 198 Å². The number of methoxy groups -OCH3 is 1. The number of H-pyrrole nitrogens is 1. The van der Waals surface area contributed by atoms with Crippen LogP contribution in [-0.4, -0.2) is 84.0 Å². The number of nitrogens with one attached hydrogen (secondary N) is 4. The predicted molar refractivity (Wildman–Crippen MR) is 362 cm³/mol. The molecule has 12 rings (SSSR count). The highest BCUT2D eigenvalue weighted by Crippen LogP contribution is 2.35. The lowest BCUT2D eigenvalue weighted by atomic mass is 9.87. The van der Waals surface area contributed by atoms with E-state index in [0.717, 1.165) is 50.1 Å². The van der Waals surface area contributed by atoms with E-state index in [9.17, 15) is 39.6 Å². The van der Waals surface area contributed by atoms with E-state index in [-0.39, 0.29) is 66.6 Å². The molecule has 23 heteroatoms. The molecule has 0 spiro atoms. The average molecular weight is 1330 g/mol. The van der Waals surface area contributed by atoms with Crippen LogP contribution >= 0.6 is 0 Å². The van der Waals surface area contributed by atoms with Crippen molar-refractivity contribution in [2.24, 2.45) is 0 Å². The number of hydrogen-bond donors (Lipinski definition) is 4. The second-order valence-electron chi connectivity index (χ2n) is 23.5. The molecule has 12 aromatic rings. The second-order valence-corrected chi connectivity index (χ2v) is 29.3. The van der Waals surface area contributed by atoms with Gasteiger partial charge >= 0.3 is 0 Å². The topological polar surface area (TPSA) is 275 Å². The molecule has 95 heavy (non-hydrogen) atoms. The summed E-state index contributed by atoms with van der Waals surface area (Å²) in [6, 6.07) is 47.7. The standard InChI is InChI=1S/C26H27N3O4S.C24H23N3O3S.C22H20N4O3S/c1-26(2,3)20-8-11-22(33-4)23(15-20)34(31,32)21-9-5-18(6-10-21)16-28-25(30)19-7-12-24-27-13-14-29(24)17-19;1-17(2)19-4-3-5-22(14-19)31(29,30)21-9-6-18(7-10-21)15-26-24(28)20-8-11-23-25-12-13-27(23)16-20;1-2-16-5-3-4-6-20(16)30(28,29)19-9-7-15(8-10-19)12-24-22(27)18-11-17-14-25-26-21(17)23-13-18/h5-15,17H,16H2,1-4H3,(H,28,30);3-14,16-17H,15H2,1-2H3,(H,26,28);3-11,13-14H,2,12H2,1H3,(H,24,27)(H,23,25,26). The Morgan fingerprint density at radius 1 is 0.526 bits per heavy atom. The van der Waals surface area contributed by atoms with Crippen LogP contribution in [0.5, 0.6) is 5.75 Å². The van der Waals surface area contributed by atoms with Gasteiger partial charge in [0.2, 0.25) is 29.5 Å². The van der Waals surface area contributed by atoms with Gasteiger partial charge in [0.25, 0.3) is 17.7 Å². The Kier molecular flexibility index (Phi) is 20.3. The van der Waals surface area contributed by atoms with E-state index < -0.39 is 29.5 Å². The summed E-state index contributed by atoms with van der Waals surface area (Å²) in [5.41, 5.74) is 8.47. The van der Waals surface area contributed by atoms with Crippen LogP contribution in [0.15, 0.2) is 249 Å². The molecule has 0 aliphatic heterocycles. The number of aromatic amines is 1. The summed E-state index contributed by atoms with van der Waals surface area (Å²) in [7, 11) is -9.52. The van der Waals surface area contributed by atoms with E-state index in [1.165, 1.54) is 13.3 Å². The lowest BCUT2D eigenvalue weighted by Crippen LogP contribution is -2.23. The summed E-state index contributed by atoms with van der Waals surface area (Å²) < 4.78 is 87.6. The number of carbonyl (C=O) groups excluding carboxylic acids is 3. The van der Waals surface area contributed by atoms with Crippen LogP contribution in [0.1, 0.15) is 112 Å². The fraction of sp³-hybridized carbons (Fsp3) is 0.181. The molecule has 0 saturated carbocycles. The molecule has 4 N–H and O–H groups in total. The van der Waals surface area contributed by atoms with Crippen LogP contribution < -0.4 is 20.7 Å². The van der Waals surface area contributed by atoms with Gasteiger partial charge in [-0.15, -0.1) is 0 Å². The molecule has 6 heterocycles. The summed E-state index contributed by atoms with van der Waals surface area (Å²) in [5.74, 6) is -0.150. The van der Waals surface area contributed by atoms with Gasteiger partial charge < -0.3 is 29.5 Å². The third-order valence-corrected chi connectivity index (χ3v) is 21.1. The minimum atomic E-state index is -3.79. The molecule has 6 aromatic heterocycles. The number of benzene rings is 6. The fourth-order valence-electron chi connectivity index (χ4n) is 10.1. The highest BCUT2D eigenvalue weighted by molar-refractivity contribution is 7.92. The number of pyridine rings is 3. The molecule has 0 atom stereocenters. The number of imidazole rings is 2. The molecule has 0 fully saturated rings. The van der Waals surface area contributed by atoms with E-state index >= 15 is 0 Å². The summed E-state index contributed by atoms with van der Waals surface area (Å²) in [6.45, 7) is 12.9. The van der Waals surface area contributed by atoms with E-state index in [0.29, 0.717) is 45.9 Å². The number of sulfone groups is 3. The third kappa shape index (κ3) is 15.7. The minimum absolute atomic E-state index is 0.137. The first kappa shape index (κ1) is 67.3. The zero-order valence-electron chi connectivity index (χ0n) is 53.2. The van der Waals surface area contributed by atoms with Gasteiger partial charge in [-0.1, -0.05) is 114 Å². The van der Waals surface area contributed by atoms with Crippen LogP contribution in [0.4, 0.5) is 0 Å². The minimum Gasteiger partial charge on any atom is -0.495 e. The Morgan fingerprint density at radius 3 is 1.54 bits per heavy atom. The first-order chi connectivity index (χ1) is 45.4. The zero-order chi connectivity index (χ0) is 67.7. The molecule has 0 unspecified atom stereocenters. The highest BCUT2D eigenvalue weighted by Gasteiger charge is 2.26. The summed E-state index contributed by atoms with van der Waals surface area (Å²) in [5, 5.41) is 15.9. The van der Waals surface area contributed by atoms with E-state index in [4.69, 9.17) is 4.74 Å². The summed E-state index contributed by atoms with van der Waals surface area (Å²) >= 11 is 0. The van der Waals surface area contributed by atoms with Crippen molar-refractivity contribution in [2.45, 2.75) is 108 Å². The Hall–Kier alpha value is -10.6. The molecule has 3 amide bonds. The maximum Gasteiger partial charge on any atom is 0.253 e. The SMILES string of the molecule is CC(C)c1cccc(S(=O)(=O)c2ccc(CNC(=O)c3ccc4nccn4c3)cc2)c1.CCc1ccccc1S(=O)(=O)c1ccc(CNC(=O)c2cnc3[nH]ncc3c2)cc1.COc1ccc(C(C)(C)C)cc1S(=O)(=O)c1ccc(CNC(=O)c2ccc3nccn3c2)cc1. The highest BCUT2D eigenvalue weighted by atomic mass is 32.2. The van der Waals surface area contributed by atoms with Gasteiger partial charge in [-0.05, 0) is 148 Å². The van der Waals surface area contributed by atoms with Crippen LogP contribution in [0.2, 0.25) is 0 Å². The molecule has 20 nitrogen and oxygen atoms in total. The number of fused-ring (bicyclic) bond motifs is 3. The number of nitrogens with zero attached hydrogens (tertiary/aromatic N) is 6. The first-order valence-electron chi connectivity index (χ1n) is 30.3. The Labute approximate surface area is 551 Å². The molecule has 0 bridgehead atoms. The number of ether oxygens (including phenoxy) is 1. The molecule has 6 aromatic carbocycles. The van der Waals surface area contributed by atoms with Crippen LogP contribution in [0.25, 0.3) is 22.3 Å². The van der Waals surface area contributed by atoms with Crippen molar-refractivity contribution >= 4 is 69.6 Å². The monoisotopic (exact) mass is 1330 g/mol. The number of aryl methyl sites for hydroxylation is 1. The number of amides is 3. The lowest BCUT2D eigenvalue weighted by molar-refractivity contribution is 0.0942. The molecular formula is C72H70N10O10S3. The third-order valence-electron chi connectivity index (χ3n) is 15.7. The van der Waals surface area contributed by atoms with E-state index in [1.807, 2.05) is 65.8 Å². The smallest absolute Gasteiger partial charge is 0.253 e. The molecular weight excluding hydrogens is 1260 g/mol. The van der Waals surface area contributed by atoms with Crippen LogP contribution in [-0.2, 0) is 61.0 Å². The lowest BCUT2D eigenvalue weighted by Gasteiger charge is -2.21. The number of aromatic nitrogens is 7. The van der Waals surface area contributed by atoms with Crippen molar-refractivity contribution in [2.75, 3.05) is 7.11 Å². The molecule has 0 aliphatic rings. The molecule has 486 valence electrons. The quantitative estimate of drug-likeness (QED) is 0.0622. The van der Waals surface area contributed by atoms with Crippen molar-refractivity contribution in [3.8, 4) is 5.75 Å². The maximum atomic E-state index is 13.4. The van der Waals surface area contributed by atoms with Crippen molar-refractivity contribution < 1.29 is 44.4 Å². The van der Waals surface area contributed by atoms with Gasteiger partial charge in [0.15, 0.2) is 5.65 Å². The van der Waals surface area contributed by atoms with Crippen molar-refractivity contribution in [3.05, 3.63) is 270 Å². The van der Waals surface area contributed by atoms with Gasteiger partial charge in [0, 0.05) is 68.4 Å². The Balaban J connectivity index is 0.000000156. The largest absolute Gasteiger partial charge is 0.495 e. The average Bonchev–Trinajstić information content (AvgIpc) is 1.09. The molecule has 0 radical (unpaired) electrons. The summed E-state index contributed by atoms with van der Waals surface area (Å²) in [4.78, 5) is 51.2. The number of hydrogen-bond acceptors (Lipinski definition) is 14. The van der Waals surface area contributed by atoms with Gasteiger partial charge in [-0.3, -0.25) is 19.5 Å². The van der Waals surface area contributed by atoms with Crippen molar-refractivity contribution in [1.82, 2.24) is 49.9 Å². The van der Waals surface area contributed by atoms with Gasteiger partial charge in [0.05, 0.1) is 54.5 Å². The fourth-order valence-corrected chi connectivity index (χ4v) is 14.4. The maximum absolute atomic E-state index is 13.4. The van der Waals surface area contributed by atoms with Crippen LogP contribution in [0.3, 0.4) is 0 Å². The molecule has 0 saturated heterocycles. The van der Waals surface area contributed by atoms with Gasteiger partial charge in [-0.2, -0.15) is 5.10 Å². The zero-order valence-corrected chi connectivity index (χ0v) is 55.6. The first-order valence-corrected chi connectivity index (χ1v) is 34.8. The van der Waals surface area contributed by atoms with Gasteiger partial charge in [0.1, 0.15) is 21.9 Å². The van der Waals surface area contributed by atoms with E-state index in [2.05, 4.69) is 41.1 Å². The Bertz CT molecular complexity index is 5120. The second kappa shape index (κ2) is 28.7. The van der Waals surface area contributed by atoms with Gasteiger partial charge in [-0.25, -0.2) is 40.2 Å². The van der Waals surface area contributed by atoms with Crippen molar-refractivity contribution in [1.29, 1.82) is 0 Å². The number of rotatable bonds is 18. The predicted octanol–water partition coefficient (Wildman–Crippen LogP) is 11.9. The molecule has 0 aliphatic carbocycles. The Morgan fingerprint density at radius 2 is 1.03 bits per heavy atom. The normalized spacial score (nSPS) is 11.7.